The summed E-state index contributed by atoms with van der Waals surface area (Å²) in [5, 5.41) is 21.8. The van der Waals surface area contributed by atoms with E-state index >= 15 is 0 Å². The number of nitrogens with zero attached hydrogens (tertiary/aromatic N) is 4. The fourth-order valence-electron chi connectivity index (χ4n) is 1.76. The average molecular weight is 247 g/mol. The third-order valence-electron chi connectivity index (χ3n) is 2.54. The number of benzene rings is 1. The Balaban J connectivity index is 2.51. The van der Waals surface area contributed by atoms with Crippen LogP contribution in [0, 0.1) is 17.0 Å². The van der Waals surface area contributed by atoms with Crippen LogP contribution in [0.1, 0.15) is 11.3 Å². The molecule has 0 bridgehead atoms. The number of nitro groups is 1. The van der Waals surface area contributed by atoms with Crippen LogP contribution in [0.2, 0.25) is 0 Å². The van der Waals surface area contributed by atoms with Gasteiger partial charge in [0, 0.05) is 12.6 Å². The molecule has 7 nitrogen and oxygen atoms in total. The highest BCUT2D eigenvalue weighted by molar-refractivity contribution is 5.56. The van der Waals surface area contributed by atoms with Crippen LogP contribution in [0.4, 0.5) is 5.69 Å². The lowest BCUT2D eigenvalue weighted by Gasteiger charge is -2.05. The van der Waals surface area contributed by atoms with Crippen molar-refractivity contribution in [3.8, 4) is 5.69 Å². The van der Waals surface area contributed by atoms with E-state index in [1.807, 2.05) is 13.0 Å². The Morgan fingerprint density at radius 1 is 1.50 bits per heavy atom. The summed E-state index contributed by atoms with van der Waals surface area (Å²) in [4.78, 5) is 10.6. The Morgan fingerprint density at radius 3 is 2.94 bits per heavy atom. The van der Waals surface area contributed by atoms with Crippen LogP contribution in [-0.4, -0.2) is 27.0 Å². The topological polar surface area (TPSA) is 85.9 Å². The van der Waals surface area contributed by atoms with Crippen LogP contribution in [0.15, 0.2) is 24.4 Å². The van der Waals surface area contributed by atoms with Gasteiger partial charge in [0.1, 0.15) is 5.69 Å². The van der Waals surface area contributed by atoms with Crippen molar-refractivity contribution in [3.63, 3.8) is 0 Å². The van der Waals surface area contributed by atoms with E-state index in [1.54, 1.807) is 19.3 Å². The molecule has 7 heteroatoms. The summed E-state index contributed by atoms with van der Waals surface area (Å²) < 4.78 is 1.44. The monoisotopic (exact) mass is 247 g/mol. The minimum absolute atomic E-state index is 0.0240. The van der Waals surface area contributed by atoms with Gasteiger partial charge < -0.3 is 5.32 Å². The Hall–Kier alpha value is -2.28. The van der Waals surface area contributed by atoms with Crippen LogP contribution in [0.3, 0.4) is 0 Å². The van der Waals surface area contributed by atoms with Gasteiger partial charge in [0.2, 0.25) is 0 Å². The van der Waals surface area contributed by atoms with Gasteiger partial charge in [-0.3, -0.25) is 10.1 Å². The van der Waals surface area contributed by atoms with Crippen LogP contribution >= 0.6 is 0 Å². The van der Waals surface area contributed by atoms with E-state index in [0.717, 1.165) is 11.3 Å². The third kappa shape index (κ3) is 2.21. The van der Waals surface area contributed by atoms with E-state index in [9.17, 15) is 10.1 Å². The molecule has 0 atom stereocenters. The van der Waals surface area contributed by atoms with E-state index in [1.165, 1.54) is 10.7 Å². The summed E-state index contributed by atoms with van der Waals surface area (Å²) in [5.74, 6) is 0. The van der Waals surface area contributed by atoms with Crippen molar-refractivity contribution >= 4 is 5.69 Å². The van der Waals surface area contributed by atoms with Gasteiger partial charge in [-0.25, -0.2) is 4.68 Å². The molecule has 0 aliphatic carbocycles. The Bertz CT molecular complexity index is 579. The van der Waals surface area contributed by atoms with Crippen molar-refractivity contribution in [1.82, 2.24) is 20.3 Å². The number of aryl methyl sites for hydroxylation is 1. The normalized spacial score (nSPS) is 10.6. The summed E-state index contributed by atoms with van der Waals surface area (Å²) in [6.45, 7) is 2.38. The summed E-state index contributed by atoms with van der Waals surface area (Å²) in [7, 11) is 1.80. The number of rotatable bonds is 4. The minimum atomic E-state index is -0.415. The largest absolute Gasteiger partial charge is 0.314 e. The fraction of sp³-hybridized carbons (Fsp3) is 0.273. The fourth-order valence-corrected chi connectivity index (χ4v) is 1.76. The molecule has 0 aliphatic heterocycles. The lowest BCUT2D eigenvalue weighted by atomic mass is 10.1. The SMILES string of the molecule is CNCc1cn(-c2c(C)cccc2[N+](=O)[O-])nn1. The standard InChI is InChI=1S/C11H13N5O2/c1-8-4-3-5-10(16(17)18)11(8)15-7-9(6-12-2)13-14-15/h3-5,7,12H,6H2,1-2H3. The predicted molar refractivity (Wildman–Crippen MR) is 65.5 cm³/mol. The van der Waals surface area contributed by atoms with Crippen LogP contribution < -0.4 is 5.32 Å². The molecule has 1 aromatic heterocycles. The zero-order valence-electron chi connectivity index (χ0n) is 10.1. The quantitative estimate of drug-likeness (QED) is 0.648. The van der Waals surface area contributed by atoms with Crippen LogP contribution in [-0.2, 0) is 6.54 Å². The summed E-state index contributed by atoms with van der Waals surface area (Å²) >= 11 is 0. The molecular weight excluding hydrogens is 234 g/mol. The molecule has 0 amide bonds. The minimum Gasteiger partial charge on any atom is -0.314 e. The molecule has 0 aliphatic rings. The van der Waals surface area contributed by atoms with E-state index in [-0.39, 0.29) is 5.69 Å². The molecule has 0 spiro atoms. The maximum Gasteiger partial charge on any atom is 0.295 e. The van der Waals surface area contributed by atoms with Crippen LogP contribution in [0.25, 0.3) is 5.69 Å². The van der Waals surface area contributed by atoms with E-state index in [4.69, 9.17) is 0 Å². The van der Waals surface area contributed by atoms with Gasteiger partial charge in [-0.15, -0.1) is 5.10 Å². The Morgan fingerprint density at radius 2 is 2.28 bits per heavy atom. The second-order valence-electron chi connectivity index (χ2n) is 3.88. The molecule has 0 radical (unpaired) electrons. The molecule has 1 aromatic carbocycles. The smallest absolute Gasteiger partial charge is 0.295 e. The van der Waals surface area contributed by atoms with Gasteiger partial charge in [0.15, 0.2) is 0 Å². The first kappa shape index (κ1) is 12.2. The highest BCUT2D eigenvalue weighted by atomic mass is 16.6. The number of nitrogens with one attached hydrogen (secondary N) is 1. The lowest BCUT2D eigenvalue weighted by molar-refractivity contribution is -0.384. The molecule has 0 saturated carbocycles. The summed E-state index contributed by atoms with van der Waals surface area (Å²) in [6.07, 6.45) is 1.69. The number of nitro benzene ring substituents is 1. The first-order chi connectivity index (χ1) is 8.63. The summed E-state index contributed by atoms with van der Waals surface area (Å²) in [5.41, 5.74) is 1.99. The molecular formula is C11H13N5O2. The van der Waals surface area contributed by atoms with Gasteiger partial charge in [-0.05, 0) is 19.5 Å². The number of hydrogen-bond acceptors (Lipinski definition) is 5. The molecule has 2 rings (SSSR count). The molecule has 1 heterocycles. The maximum absolute atomic E-state index is 11.0. The number of hydrogen-bond donors (Lipinski definition) is 1. The van der Waals surface area contributed by atoms with Crippen molar-refractivity contribution in [1.29, 1.82) is 0 Å². The second-order valence-corrected chi connectivity index (χ2v) is 3.88. The van der Waals surface area contributed by atoms with E-state index in [0.29, 0.717) is 12.2 Å². The van der Waals surface area contributed by atoms with Crippen LogP contribution in [0.5, 0.6) is 0 Å². The summed E-state index contributed by atoms with van der Waals surface area (Å²) in [6, 6.07) is 4.92. The molecule has 18 heavy (non-hydrogen) atoms. The molecule has 0 unspecified atom stereocenters. The zero-order chi connectivity index (χ0) is 13.1. The van der Waals surface area contributed by atoms with Crippen molar-refractivity contribution in [2.45, 2.75) is 13.5 Å². The van der Waals surface area contributed by atoms with Crippen molar-refractivity contribution in [2.75, 3.05) is 7.05 Å². The maximum atomic E-state index is 11.0. The third-order valence-corrected chi connectivity index (χ3v) is 2.54. The van der Waals surface area contributed by atoms with E-state index in [2.05, 4.69) is 15.6 Å². The average Bonchev–Trinajstić information content (AvgIpc) is 2.77. The van der Waals surface area contributed by atoms with E-state index < -0.39 is 4.92 Å². The first-order valence-electron chi connectivity index (χ1n) is 5.43. The van der Waals surface area contributed by atoms with Gasteiger partial charge >= 0.3 is 0 Å². The molecule has 0 saturated heterocycles. The van der Waals surface area contributed by atoms with Crippen molar-refractivity contribution in [2.24, 2.45) is 0 Å². The van der Waals surface area contributed by atoms with Gasteiger partial charge in [-0.2, -0.15) is 0 Å². The number of para-hydroxylation sites is 1. The second kappa shape index (κ2) is 4.92. The molecule has 1 N–H and O–H groups in total. The van der Waals surface area contributed by atoms with Gasteiger partial charge in [0.05, 0.1) is 16.8 Å². The predicted octanol–water partition coefficient (Wildman–Crippen LogP) is 1.20. The Kier molecular flexibility index (Phi) is 3.33. The molecule has 0 fully saturated rings. The van der Waals surface area contributed by atoms with Crippen molar-refractivity contribution in [3.05, 3.63) is 45.8 Å². The highest BCUT2D eigenvalue weighted by Gasteiger charge is 2.18. The Labute approximate surface area is 104 Å². The molecule has 2 aromatic rings. The number of aromatic nitrogens is 3. The first-order valence-corrected chi connectivity index (χ1v) is 5.43. The van der Waals surface area contributed by atoms with Gasteiger partial charge in [0.25, 0.3) is 5.69 Å². The highest BCUT2D eigenvalue weighted by Crippen LogP contribution is 2.25. The molecule has 94 valence electrons. The van der Waals surface area contributed by atoms with Crippen molar-refractivity contribution < 1.29 is 4.92 Å². The lowest BCUT2D eigenvalue weighted by Crippen LogP contribution is -2.05. The van der Waals surface area contributed by atoms with Gasteiger partial charge in [-0.1, -0.05) is 17.3 Å². The zero-order valence-corrected chi connectivity index (χ0v) is 10.1.